The van der Waals surface area contributed by atoms with Crippen LogP contribution in [0.15, 0.2) is 12.1 Å². The second kappa shape index (κ2) is 4.59. The lowest BCUT2D eigenvalue weighted by Crippen LogP contribution is -2.47. The van der Waals surface area contributed by atoms with Crippen molar-refractivity contribution in [1.29, 1.82) is 0 Å². The van der Waals surface area contributed by atoms with Gasteiger partial charge >= 0.3 is 6.09 Å². The van der Waals surface area contributed by atoms with E-state index in [1.54, 1.807) is 0 Å². The molecule has 0 aromatic heterocycles. The molecule has 0 bridgehead atoms. The van der Waals surface area contributed by atoms with E-state index in [0.29, 0.717) is 0 Å². The summed E-state index contributed by atoms with van der Waals surface area (Å²) >= 11 is 11.8. The first-order valence-corrected chi connectivity index (χ1v) is 6.15. The number of amides is 1. The molecule has 6 heteroatoms. The fraction of sp³-hybridized carbons (Fsp3) is 0.417. The molecule has 1 aromatic rings. The molecule has 1 fully saturated rings. The van der Waals surface area contributed by atoms with Gasteiger partial charge in [-0.1, -0.05) is 37.0 Å². The molecule has 3 nitrogen and oxygen atoms in total. The zero-order valence-corrected chi connectivity index (χ0v) is 11.4. The lowest BCUT2D eigenvalue weighted by Gasteiger charge is -2.39. The predicted molar refractivity (Wildman–Crippen MR) is 67.4 cm³/mol. The SMILES string of the molecule is CC1(C)COC(=O)N[C@@H]1c1c(Cl)ccc(Cl)c1F. The maximum atomic E-state index is 14.1. The van der Waals surface area contributed by atoms with Gasteiger partial charge in [0, 0.05) is 16.0 Å². The summed E-state index contributed by atoms with van der Waals surface area (Å²) in [5.74, 6) is -0.607. The molecule has 0 spiro atoms. The Morgan fingerprint density at radius 2 is 2.00 bits per heavy atom. The first kappa shape index (κ1) is 13.4. The summed E-state index contributed by atoms with van der Waals surface area (Å²) in [6.45, 7) is 3.90. The molecule has 98 valence electrons. The number of carbonyl (C=O) groups excluding carboxylic acids is 1. The van der Waals surface area contributed by atoms with Gasteiger partial charge in [0.25, 0.3) is 0 Å². The Balaban J connectivity index is 2.52. The second-order valence-corrected chi connectivity index (χ2v) is 5.71. The molecule has 2 rings (SSSR count). The number of hydrogen-bond donors (Lipinski definition) is 1. The molecule has 0 radical (unpaired) electrons. The summed E-state index contributed by atoms with van der Waals surface area (Å²) in [5.41, 5.74) is -0.283. The molecule has 0 saturated carbocycles. The zero-order valence-electron chi connectivity index (χ0n) is 9.89. The number of hydrogen-bond acceptors (Lipinski definition) is 2. The van der Waals surface area contributed by atoms with E-state index >= 15 is 0 Å². The number of cyclic esters (lactones) is 1. The molecular formula is C12H12Cl2FNO2. The minimum atomic E-state index is -0.607. The van der Waals surface area contributed by atoms with Crippen molar-refractivity contribution in [3.8, 4) is 0 Å². The van der Waals surface area contributed by atoms with Crippen LogP contribution in [-0.2, 0) is 4.74 Å². The van der Waals surface area contributed by atoms with Gasteiger partial charge in [-0.05, 0) is 12.1 Å². The minimum Gasteiger partial charge on any atom is -0.449 e. The Kier molecular flexibility index (Phi) is 3.43. The van der Waals surface area contributed by atoms with Crippen molar-refractivity contribution in [1.82, 2.24) is 5.32 Å². The van der Waals surface area contributed by atoms with E-state index in [1.807, 2.05) is 13.8 Å². The number of ether oxygens (including phenoxy) is 1. The van der Waals surface area contributed by atoms with E-state index in [9.17, 15) is 9.18 Å². The zero-order chi connectivity index (χ0) is 13.5. The van der Waals surface area contributed by atoms with Gasteiger partial charge in [-0.15, -0.1) is 0 Å². The summed E-state index contributed by atoms with van der Waals surface area (Å²) in [7, 11) is 0. The van der Waals surface area contributed by atoms with Crippen molar-refractivity contribution >= 4 is 29.3 Å². The number of rotatable bonds is 1. The smallest absolute Gasteiger partial charge is 0.407 e. The highest BCUT2D eigenvalue weighted by Gasteiger charge is 2.40. The van der Waals surface area contributed by atoms with Gasteiger partial charge in [-0.3, -0.25) is 0 Å². The van der Waals surface area contributed by atoms with Gasteiger partial charge in [0.1, 0.15) is 12.4 Å². The van der Waals surface area contributed by atoms with Crippen LogP contribution in [0.4, 0.5) is 9.18 Å². The molecule has 1 amide bonds. The highest BCUT2D eigenvalue weighted by atomic mass is 35.5. The van der Waals surface area contributed by atoms with Crippen LogP contribution in [0, 0.1) is 11.2 Å². The van der Waals surface area contributed by atoms with Gasteiger partial charge in [0.05, 0.1) is 11.1 Å². The first-order chi connectivity index (χ1) is 8.33. The molecule has 0 unspecified atom stereocenters. The van der Waals surface area contributed by atoms with E-state index in [2.05, 4.69) is 5.32 Å². The van der Waals surface area contributed by atoms with Gasteiger partial charge in [0.15, 0.2) is 0 Å². The summed E-state index contributed by atoms with van der Waals surface area (Å²) in [6, 6.07) is 2.32. The molecule has 1 aromatic carbocycles. The number of alkyl carbamates (subject to hydrolysis) is 1. The quantitative estimate of drug-likeness (QED) is 0.796. The lowest BCUT2D eigenvalue weighted by atomic mass is 9.80. The third-order valence-corrected chi connectivity index (χ3v) is 3.61. The second-order valence-electron chi connectivity index (χ2n) is 4.90. The largest absolute Gasteiger partial charge is 0.449 e. The Morgan fingerprint density at radius 1 is 1.39 bits per heavy atom. The fourth-order valence-corrected chi connectivity index (χ4v) is 2.38. The van der Waals surface area contributed by atoms with E-state index < -0.39 is 23.4 Å². The van der Waals surface area contributed by atoms with E-state index in [0.717, 1.165) is 0 Å². The van der Waals surface area contributed by atoms with E-state index in [1.165, 1.54) is 12.1 Å². The molecule has 1 saturated heterocycles. The van der Waals surface area contributed by atoms with Gasteiger partial charge in [-0.25, -0.2) is 9.18 Å². The van der Waals surface area contributed by atoms with Crippen molar-refractivity contribution in [2.75, 3.05) is 6.61 Å². The van der Waals surface area contributed by atoms with Crippen molar-refractivity contribution in [2.45, 2.75) is 19.9 Å². The molecule has 1 aliphatic rings. The average molecular weight is 292 g/mol. The minimum absolute atomic E-state index is 0.0223. The summed E-state index contributed by atoms with van der Waals surface area (Å²) in [6.07, 6.45) is -0.588. The fourth-order valence-electron chi connectivity index (χ4n) is 1.96. The Bertz CT molecular complexity index is 505. The van der Waals surface area contributed by atoms with E-state index in [4.69, 9.17) is 27.9 Å². The number of nitrogens with one attached hydrogen (secondary N) is 1. The molecule has 18 heavy (non-hydrogen) atoms. The third-order valence-electron chi connectivity index (χ3n) is 2.99. The van der Waals surface area contributed by atoms with Crippen LogP contribution in [0.5, 0.6) is 0 Å². The van der Waals surface area contributed by atoms with Crippen LogP contribution < -0.4 is 5.32 Å². The predicted octanol–water partition coefficient (Wildman–Crippen LogP) is 3.94. The first-order valence-electron chi connectivity index (χ1n) is 5.39. The Labute approximate surface area is 114 Å². The third kappa shape index (κ3) is 2.27. The topological polar surface area (TPSA) is 38.3 Å². The number of carbonyl (C=O) groups is 1. The maximum absolute atomic E-state index is 14.1. The standard InChI is InChI=1S/C12H12Cl2FNO2/c1-12(2)5-18-11(17)16-10(12)8-6(13)3-4-7(14)9(8)15/h3-4,10H,5H2,1-2H3,(H,16,17)/t10-/m1/s1. The highest BCUT2D eigenvalue weighted by Crippen LogP contribution is 2.41. The summed E-state index contributed by atoms with van der Waals surface area (Å²) in [5, 5.41) is 2.80. The van der Waals surface area contributed by atoms with Crippen molar-refractivity contribution < 1.29 is 13.9 Å². The molecule has 1 N–H and O–H groups in total. The average Bonchev–Trinajstić information content (AvgIpc) is 2.29. The molecule has 1 aliphatic heterocycles. The highest BCUT2D eigenvalue weighted by molar-refractivity contribution is 6.33. The normalized spacial score (nSPS) is 22.3. The van der Waals surface area contributed by atoms with Crippen molar-refractivity contribution in [3.05, 3.63) is 33.6 Å². The molecule has 1 atom stereocenters. The molecule has 0 aliphatic carbocycles. The monoisotopic (exact) mass is 291 g/mol. The molecular weight excluding hydrogens is 280 g/mol. The summed E-state index contributed by atoms with van der Waals surface area (Å²) < 4.78 is 19.0. The van der Waals surface area contributed by atoms with Gasteiger partial charge in [-0.2, -0.15) is 0 Å². The maximum Gasteiger partial charge on any atom is 0.407 e. The number of benzene rings is 1. The van der Waals surface area contributed by atoms with Crippen LogP contribution in [0.25, 0.3) is 0 Å². The van der Waals surface area contributed by atoms with Crippen molar-refractivity contribution in [3.63, 3.8) is 0 Å². The van der Waals surface area contributed by atoms with E-state index in [-0.39, 0.29) is 22.2 Å². The lowest BCUT2D eigenvalue weighted by molar-refractivity contribution is 0.0378. The van der Waals surface area contributed by atoms with Gasteiger partial charge < -0.3 is 10.1 Å². The van der Waals surface area contributed by atoms with Crippen LogP contribution in [-0.4, -0.2) is 12.7 Å². The Morgan fingerprint density at radius 3 is 2.67 bits per heavy atom. The number of halogens is 3. The van der Waals surface area contributed by atoms with Gasteiger partial charge in [0.2, 0.25) is 0 Å². The van der Waals surface area contributed by atoms with Crippen LogP contribution in [0.3, 0.4) is 0 Å². The van der Waals surface area contributed by atoms with Crippen molar-refractivity contribution in [2.24, 2.45) is 5.41 Å². The van der Waals surface area contributed by atoms with Crippen LogP contribution in [0.1, 0.15) is 25.5 Å². The van der Waals surface area contributed by atoms with Crippen LogP contribution in [0.2, 0.25) is 10.0 Å². The molecule has 1 heterocycles. The Hall–Kier alpha value is -1.000. The van der Waals surface area contributed by atoms with Crippen LogP contribution >= 0.6 is 23.2 Å². The summed E-state index contributed by atoms with van der Waals surface area (Å²) in [4.78, 5) is 11.3.